The van der Waals surface area contributed by atoms with Gasteiger partial charge in [-0.2, -0.15) is 4.98 Å². The molecule has 0 aliphatic carbocycles. The first-order valence-electron chi connectivity index (χ1n) is 3.42. The van der Waals surface area contributed by atoms with E-state index in [0.717, 1.165) is 5.52 Å². The van der Waals surface area contributed by atoms with E-state index in [1.165, 1.54) is 7.11 Å². The van der Waals surface area contributed by atoms with Gasteiger partial charge in [0, 0.05) is 7.05 Å². The largest absolute Gasteiger partial charge is 0.467 e. The van der Waals surface area contributed by atoms with Crippen molar-refractivity contribution in [3.05, 3.63) is 12.5 Å². The smallest absolute Gasteiger partial charge is 0.318 e. The summed E-state index contributed by atoms with van der Waals surface area (Å²) in [6.45, 7) is 0. The predicted octanol–water partition coefficient (Wildman–Crippen LogP) is 0.172. The van der Waals surface area contributed by atoms with E-state index < -0.39 is 0 Å². The highest BCUT2D eigenvalue weighted by atomic mass is 16.5. The molecule has 2 aromatic heterocycles. The second kappa shape index (κ2) is 2.44. The van der Waals surface area contributed by atoms with Gasteiger partial charge in [0.05, 0.1) is 13.3 Å². The summed E-state index contributed by atoms with van der Waals surface area (Å²) >= 11 is 0. The topological polar surface area (TPSA) is 52.8 Å². The molecule has 2 aromatic rings. The lowest BCUT2D eigenvalue weighted by Gasteiger charge is -1.95. The molecule has 0 amide bonds. The highest BCUT2D eigenvalue weighted by molar-refractivity contribution is 5.69. The first-order valence-corrected chi connectivity index (χ1v) is 3.42. The highest BCUT2D eigenvalue weighted by Gasteiger charge is 2.03. The molecule has 0 aliphatic rings. The molecule has 61 valence electrons. The summed E-state index contributed by atoms with van der Waals surface area (Å²) in [5.74, 6) is 0. The van der Waals surface area contributed by atoms with Crippen molar-refractivity contribution in [3.63, 3.8) is 0 Å². The van der Waals surface area contributed by atoms with Gasteiger partial charge in [-0.15, -0.1) is 0 Å². The molecule has 12 heavy (non-hydrogen) atoms. The normalized spacial score (nSPS) is 10.5. The summed E-state index contributed by atoms with van der Waals surface area (Å²) in [4.78, 5) is 11.9. The average Bonchev–Trinajstić information content (AvgIpc) is 2.47. The van der Waals surface area contributed by atoms with Gasteiger partial charge in [0.15, 0.2) is 12.0 Å². The third kappa shape index (κ3) is 0.903. The molecule has 0 fully saturated rings. The van der Waals surface area contributed by atoms with Crippen molar-refractivity contribution in [2.45, 2.75) is 0 Å². The van der Waals surface area contributed by atoms with Gasteiger partial charge in [0.2, 0.25) is 0 Å². The fourth-order valence-electron chi connectivity index (χ4n) is 0.944. The summed E-state index contributed by atoms with van der Waals surface area (Å²) in [6, 6.07) is 0.328. The third-order valence-corrected chi connectivity index (χ3v) is 1.58. The van der Waals surface area contributed by atoms with Crippen molar-refractivity contribution in [2.75, 3.05) is 7.11 Å². The number of fused-ring (bicyclic) bond motifs is 1. The van der Waals surface area contributed by atoms with E-state index in [1.807, 2.05) is 7.05 Å². The van der Waals surface area contributed by atoms with Crippen LogP contribution in [0.3, 0.4) is 0 Å². The molecule has 0 saturated heterocycles. The van der Waals surface area contributed by atoms with Crippen molar-refractivity contribution in [1.29, 1.82) is 0 Å². The first-order chi connectivity index (χ1) is 5.81. The van der Waals surface area contributed by atoms with Crippen molar-refractivity contribution in [2.24, 2.45) is 7.05 Å². The van der Waals surface area contributed by atoms with Crippen LogP contribution < -0.4 is 4.74 Å². The Morgan fingerprint density at radius 3 is 3.17 bits per heavy atom. The molecule has 5 nitrogen and oxygen atoms in total. The molecule has 0 aliphatic heterocycles. The Balaban J connectivity index is 2.69. The zero-order valence-electron chi connectivity index (χ0n) is 6.77. The van der Waals surface area contributed by atoms with Gasteiger partial charge in [-0.3, -0.25) is 0 Å². The van der Waals surface area contributed by atoms with Crippen LogP contribution in [0.5, 0.6) is 6.01 Å². The molecular formula is C7H7N4O. The quantitative estimate of drug-likeness (QED) is 0.601. The summed E-state index contributed by atoms with van der Waals surface area (Å²) in [5.41, 5.74) is 1.44. The zero-order chi connectivity index (χ0) is 8.55. The lowest BCUT2D eigenvalue weighted by Crippen LogP contribution is -1.92. The van der Waals surface area contributed by atoms with Crippen LogP contribution in [0, 0.1) is 6.33 Å². The number of rotatable bonds is 1. The van der Waals surface area contributed by atoms with Crippen molar-refractivity contribution < 1.29 is 4.74 Å². The Kier molecular flexibility index (Phi) is 1.43. The molecule has 1 radical (unpaired) electrons. The average molecular weight is 163 g/mol. The minimum atomic E-state index is 0.328. The van der Waals surface area contributed by atoms with Gasteiger partial charge < -0.3 is 9.30 Å². The third-order valence-electron chi connectivity index (χ3n) is 1.58. The van der Waals surface area contributed by atoms with Crippen LogP contribution in [0.2, 0.25) is 0 Å². The number of imidazole rings is 1. The Morgan fingerprint density at radius 1 is 1.58 bits per heavy atom. The van der Waals surface area contributed by atoms with Gasteiger partial charge >= 0.3 is 6.01 Å². The van der Waals surface area contributed by atoms with E-state index in [0.29, 0.717) is 11.7 Å². The number of nitrogens with zero attached hydrogens (tertiary/aromatic N) is 4. The lowest BCUT2D eigenvalue weighted by molar-refractivity contribution is 0.381. The molecule has 0 bridgehead atoms. The number of methoxy groups -OCH3 is 1. The molecule has 2 heterocycles. The molecule has 0 atom stereocenters. The van der Waals surface area contributed by atoms with E-state index in [1.54, 1.807) is 10.8 Å². The first kappa shape index (κ1) is 7.02. The van der Waals surface area contributed by atoms with Gasteiger partial charge in [-0.05, 0) is 0 Å². The van der Waals surface area contributed by atoms with Gasteiger partial charge in [-0.25, -0.2) is 9.97 Å². The van der Waals surface area contributed by atoms with E-state index in [9.17, 15) is 0 Å². The van der Waals surface area contributed by atoms with Crippen molar-refractivity contribution in [3.8, 4) is 6.01 Å². The summed E-state index contributed by atoms with van der Waals surface area (Å²) in [5, 5.41) is 0. The fraction of sp³-hybridized carbons (Fsp3) is 0.286. The van der Waals surface area contributed by atoms with Crippen molar-refractivity contribution >= 4 is 11.2 Å². The Labute approximate surface area is 69.0 Å². The minimum absolute atomic E-state index is 0.328. The van der Waals surface area contributed by atoms with Crippen molar-refractivity contribution in [1.82, 2.24) is 19.5 Å². The second-order valence-corrected chi connectivity index (χ2v) is 2.34. The SMILES string of the molecule is COc1ncc2c(n[c]n2C)n1. The molecule has 2 rings (SSSR count). The molecular weight excluding hydrogens is 156 g/mol. The van der Waals surface area contributed by atoms with Gasteiger partial charge in [0.1, 0.15) is 5.52 Å². The lowest BCUT2D eigenvalue weighted by atomic mass is 10.5. The maximum atomic E-state index is 4.85. The molecule has 0 N–H and O–H groups in total. The van der Waals surface area contributed by atoms with Gasteiger partial charge in [-0.1, -0.05) is 0 Å². The van der Waals surface area contributed by atoms with Crippen LogP contribution in [-0.2, 0) is 7.05 Å². The van der Waals surface area contributed by atoms with E-state index in [-0.39, 0.29) is 0 Å². The Hall–Kier alpha value is -1.65. The predicted molar refractivity (Wildman–Crippen MR) is 41.7 cm³/mol. The fourth-order valence-corrected chi connectivity index (χ4v) is 0.944. The van der Waals surface area contributed by atoms with Crippen LogP contribution in [-0.4, -0.2) is 26.6 Å². The minimum Gasteiger partial charge on any atom is -0.467 e. The summed E-state index contributed by atoms with van der Waals surface area (Å²) < 4.78 is 6.58. The molecule has 0 aromatic carbocycles. The Morgan fingerprint density at radius 2 is 2.42 bits per heavy atom. The maximum Gasteiger partial charge on any atom is 0.318 e. The van der Waals surface area contributed by atoms with Crippen LogP contribution in [0.25, 0.3) is 11.2 Å². The van der Waals surface area contributed by atoms with E-state index in [2.05, 4.69) is 21.3 Å². The number of hydrogen-bond acceptors (Lipinski definition) is 4. The van der Waals surface area contributed by atoms with Crippen LogP contribution in [0.1, 0.15) is 0 Å². The van der Waals surface area contributed by atoms with E-state index >= 15 is 0 Å². The number of aryl methyl sites for hydroxylation is 1. The summed E-state index contributed by atoms with van der Waals surface area (Å²) in [6.07, 6.45) is 4.39. The molecule has 5 heteroatoms. The molecule has 0 unspecified atom stereocenters. The second-order valence-electron chi connectivity index (χ2n) is 2.34. The highest BCUT2D eigenvalue weighted by Crippen LogP contribution is 2.09. The van der Waals surface area contributed by atoms with Crippen LogP contribution >= 0.6 is 0 Å². The van der Waals surface area contributed by atoms with Crippen LogP contribution in [0.15, 0.2) is 6.20 Å². The summed E-state index contributed by atoms with van der Waals surface area (Å²) in [7, 11) is 3.36. The number of aromatic nitrogens is 4. The zero-order valence-corrected chi connectivity index (χ0v) is 6.77. The maximum absolute atomic E-state index is 4.85. The number of ether oxygens (including phenoxy) is 1. The van der Waals surface area contributed by atoms with E-state index in [4.69, 9.17) is 4.74 Å². The number of hydrogen-bond donors (Lipinski definition) is 0. The van der Waals surface area contributed by atoms with Gasteiger partial charge in [0.25, 0.3) is 0 Å². The molecule has 0 spiro atoms. The Bertz CT molecular complexity index is 409. The molecule has 0 saturated carbocycles. The van der Waals surface area contributed by atoms with Crippen LogP contribution in [0.4, 0.5) is 0 Å². The monoisotopic (exact) mass is 163 g/mol. The standard InChI is InChI=1S/C7H7N4O/c1-11-4-9-6-5(11)3-8-7(10-6)12-2/h3H,1-2H3.